The van der Waals surface area contributed by atoms with Crippen molar-refractivity contribution >= 4 is 28.7 Å². The predicted octanol–water partition coefficient (Wildman–Crippen LogP) is 3.23. The van der Waals surface area contributed by atoms with Crippen LogP contribution in [0.4, 0.5) is 11.4 Å². The minimum atomic E-state index is -0.816. The molecule has 0 fully saturated rings. The lowest BCUT2D eigenvalue weighted by Crippen LogP contribution is -2.32. The van der Waals surface area contributed by atoms with Gasteiger partial charge >= 0.3 is 0 Å². The molecule has 0 aromatic heterocycles. The van der Waals surface area contributed by atoms with Crippen molar-refractivity contribution in [2.75, 3.05) is 11.9 Å². The van der Waals surface area contributed by atoms with E-state index in [1.807, 2.05) is 32.0 Å². The second-order valence-corrected chi connectivity index (χ2v) is 5.87. The highest BCUT2D eigenvalue weighted by molar-refractivity contribution is 7.80. The summed E-state index contributed by atoms with van der Waals surface area (Å²) in [4.78, 5) is 10.2. The number of nitrogens with zero attached hydrogens (tertiary/aromatic N) is 1. The van der Waals surface area contributed by atoms with E-state index in [0.29, 0.717) is 10.7 Å². The minimum Gasteiger partial charge on any atom is -0.387 e. The summed E-state index contributed by atoms with van der Waals surface area (Å²) in [5, 5.41) is 27.3. The zero-order chi connectivity index (χ0) is 17.7. The number of aliphatic hydroxyl groups is 1. The summed E-state index contributed by atoms with van der Waals surface area (Å²) < 4.78 is 0. The molecular weight excluding hydrogens is 326 g/mol. The lowest BCUT2D eigenvalue weighted by Gasteiger charge is -2.17. The molecule has 0 spiro atoms. The number of thiocarbonyl (C=S) groups is 1. The minimum absolute atomic E-state index is 0.00822. The average molecular weight is 345 g/mol. The summed E-state index contributed by atoms with van der Waals surface area (Å²) in [6.07, 6.45) is -0.816. The van der Waals surface area contributed by atoms with Crippen LogP contribution in [0.3, 0.4) is 0 Å². The normalized spacial score (nSPS) is 11.6. The Morgan fingerprint density at radius 2 is 1.79 bits per heavy atom. The van der Waals surface area contributed by atoms with Crippen molar-refractivity contribution in [3.05, 3.63) is 69.3 Å². The average Bonchev–Trinajstić information content (AvgIpc) is 2.56. The third-order valence-electron chi connectivity index (χ3n) is 3.66. The van der Waals surface area contributed by atoms with Crippen LogP contribution in [0.1, 0.15) is 22.8 Å². The number of hydrogen-bond donors (Lipinski definition) is 3. The van der Waals surface area contributed by atoms with Gasteiger partial charge in [0.05, 0.1) is 11.0 Å². The topological polar surface area (TPSA) is 87.4 Å². The summed E-state index contributed by atoms with van der Waals surface area (Å²) in [6, 6.07) is 11.8. The van der Waals surface area contributed by atoms with Gasteiger partial charge in [-0.3, -0.25) is 10.1 Å². The fraction of sp³-hybridized carbons (Fsp3) is 0.235. The number of benzene rings is 2. The first-order chi connectivity index (χ1) is 11.4. The molecule has 2 rings (SSSR count). The molecule has 0 heterocycles. The zero-order valence-electron chi connectivity index (χ0n) is 13.4. The standard InChI is InChI=1S/C17H19N3O3S/c1-11-4-3-5-12(2)16(11)19-17(24)18-10-15(21)13-6-8-14(9-7-13)20(22)23/h3-9,15,21H,10H2,1-2H3,(H2,18,19,24). The summed E-state index contributed by atoms with van der Waals surface area (Å²) in [7, 11) is 0. The number of aryl methyl sites for hydroxylation is 2. The molecular formula is C17H19N3O3S. The highest BCUT2D eigenvalue weighted by atomic mass is 32.1. The molecule has 24 heavy (non-hydrogen) atoms. The molecule has 0 bridgehead atoms. The molecule has 1 unspecified atom stereocenters. The third-order valence-corrected chi connectivity index (χ3v) is 3.91. The monoisotopic (exact) mass is 345 g/mol. The second-order valence-electron chi connectivity index (χ2n) is 5.47. The van der Waals surface area contributed by atoms with Crippen LogP contribution in [0.5, 0.6) is 0 Å². The van der Waals surface area contributed by atoms with Crippen LogP contribution < -0.4 is 10.6 Å². The molecule has 1 atom stereocenters. The van der Waals surface area contributed by atoms with Gasteiger partial charge in [-0.05, 0) is 54.9 Å². The van der Waals surface area contributed by atoms with Crippen LogP contribution in [-0.2, 0) is 0 Å². The molecule has 2 aromatic carbocycles. The maximum atomic E-state index is 10.6. The van der Waals surface area contributed by atoms with Gasteiger partial charge in [0.15, 0.2) is 5.11 Å². The molecule has 0 radical (unpaired) electrons. The molecule has 3 N–H and O–H groups in total. The Morgan fingerprint density at radius 3 is 2.33 bits per heavy atom. The van der Waals surface area contributed by atoms with Crippen LogP contribution in [0.25, 0.3) is 0 Å². The maximum absolute atomic E-state index is 10.6. The van der Waals surface area contributed by atoms with Crippen LogP contribution >= 0.6 is 12.2 Å². The van der Waals surface area contributed by atoms with Crippen molar-refractivity contribution in [2.24, 2.45) is 0 Å². The molecule has 0 amide bonds. The summed E-state index contributed by atoms with van der Waals surface area (Å²) in [6.45, 7) is 4.18. The molecule has 0 aliphatic heterocycles. The van der Waals surface area contributed by atoms with Gasteiger partial charge in [-0.25, -0.2) is 0 Å². The summed E-state index contributed by atoms with van der Waals surface area (Å²) in [5.41, 5.74) is 3.68. The summed E-state index contributed by atoms with van der Waals surface area (Å²) in [5.74, 6) is 0. The number of nitro benzene ring substituents is 1. The Morgan fingerprint density at radius 1 is 1.21 bits per heavy atom. The SMILES string of the molecule is Cc1cccc(C)c1NC(=S)NCC(O)c1ccc([N+](=O)[O-])cc1. The van der Waals surface area contributed by atoms with E-state index in [1.165, 1.54) is 24.3 Å². The highest BCUT2D eigenvalue weighted by Crippen LogP contribution is 2.20. The number of para-hydroxylation sites is 1. The molecule has 0 saturated carbocycles. The molecule has 7 heteroatoms. The first kappa shape index (κ1) is 17.8. The van der Waals surface area contributed by atoms with Crippen LogP contribution in [0.2, 0.25) is 0 Å². The predicted molar refractivity (Wildman–Crippen MR) is 98.2 cm³/mol. The molecule has 2 aromatic rings. The number of hydrogen-bond acceptors (Lipinski definition) is 4. The molecule has 6 nitrogen and oxygen atoms in total. The Labute approximate surface area is 145 Å². The zero-order valence-corrected chi connectivity index (χ0v) is 14.3. The first-order valence-corrected chi connectivity index (χ1v) is 7.83. The van der Waals surface area contributed by atoms with Gasteiger partial charge < -0.3 is 15.7 Å². The van der Waals surface area contributed by atoms with Crippen molar-refractivity contribution in [3.63, 3.8) is 0 Å². The number of rotatable bonds is 5. The van der Waals surface area contributed by atoms with E-state index in [9.17, 15) is 15.2 Å². The van der Waals surface area contributed by atoms with E-state index in [2.05, 4.69) is 10.6 Å². The van der Waals surface area contributed by atoms with Gasteiger partial charge in [-0.2, -0.15) is 0 Å². The maximum Gasteiger partial charge on any atom is 0.269 e. The number of nitrogens with one attached hydrogen (secondary N) is 2. The van der Waals surface area contributed by atoms with E-state index >= 15 is 0 Å². The van der Waals surface area contributed by atoms with E-state index in [1.54, 1.807) is 0 Å². The quantitative estimate of drug-likeness (QED) is 0.438. The Balaban J connectivity index is 1.92. The van der Waals surface area contributed by atoms with Crippen LogP contribution in [0, 0.1) is 24.0 Å². The molecule has 0 saturated heterocycles. The smallest absolute Gasteiger partial charge is 0.269 e. The third kappa shape index (κ3) is 4.50. The fourth-order valence-electron chi connectivity index (χ4n) is 2.29. The van der Waals surface area contributed by atoms with E-state index in [-0.39, 0.29) is 12.2 Å². The lowest BCUT2D eigenvalue weighted by atomic mass is 10.1. The number of aliphatic hydroxyl groups excluding tert-OH is 1. The van der Waals surface area contributed by atoms with Crippen molar-refractivity contribution < 1.29 is 10.0 Å². The number of nitro groups is 1. The van der Waals surface area contributed by atoms with E-state index in [0.717, 1.165) is 16.8 Å². The van der Waals surface area contributed by atoms with Gasteiger partial charge in [0.1, 0.15) is 0 Å². The van der Waals surface area contributed by atoms with Gasteiger partial charge in [0.2, 0.25) is 0 Å². The largest absolute Gasteiger partial charge is 0.387 e. The molecule has 126 valence electrons. The summed E-state index contributed by atoms with van der Waals surface area (Å²) >= 11 is 5.26. The highest BCUT2D eigenvalue weighted by Gasteiger charge is 2.11. The van der Waals surface area contributed by atoms with Gasteiger partial charge in [-0.15, -0.1) is 0 Å². The van der Waals surface area contributed by atoms with Crippen molar-refractivity contribution in [1.82, 2.24) is 5.32 Å². The van der Waals surface area contributed by atoms with E-state index < -0.39 is 11.0 Å². The lowest BCUT2D eigenvalue weighted by molar-refractivity contribution is -0.384. The second kappa shape index (κ2) is 7.85. The number of anilines is 1. The first-order valence-electron chi connectivity index (χ1n) is 7.42. The van der Waals surface area contributed by atoms with Gasteiger partial charge in [0, 0.05) is 24.4 Å². The van der Waals surface area contributed by atoms with Crippen LogP contribution in [-0.4, -0.2) is 21.7 Å². The molecule has 0 aliphatic carbocycles. The Hall–Kier alpha value is -2.51. The molecule has 0 aliphatic rings. The van der Waals surface area contributed by atoms with Gasteiger partial charge in [-0.1, -0.05) is 18.2 Å². The van der Waals surface area contributed by atoms with Gasteiger partial charge in [0.25, 0.3) is 5.69 Å². The Kier molecular flexibility index (Phi) is 5.83. The van der Waals surface area contributed by atoms with Crippen LogP contribution in [0.15, 0.2) is 42.5 Å². The van der Waals surface area contributed by atoms with Crippen molar-refractivity contribution in [3.8, 4) is 0 Å². The van der Waals surface area contributed by atoms with E-state index in [4.69, 9.17) is 12.2 Å². The fourth-order valence-corrected chi connectivity index (χ4v) is 2.48. The number of non-ortho nitro benzene ring substituents is 1. The Bertz CT molecular complexity index is 727. The van der Waals surface area contributed by atoms with Crippen molar-refractivity contribution in [2.45, 2.75) is 20.0 Å². The van der Waals surface area contributed by atoms with Crippen molar-refractivity contribution in [1.29, 1.82) is 0 Å².